The molecular formula is C16H20N2O4S. The van der Waals surface area contributed by atoms with Crippen LogP contribution in [0.5, 0.6) is 0 Å². The third-order valence-corrected chi connectivity index (χ3v) is 5.56. The summed E-state index contributed by atoms with van der Waals surface area (Å²) < 4.78 is 29.1. The molecule has 2 rings (SSSR count). The van der Waals surface area contributed by atoms with Gasteiger partial charge in [0.2, 0.25) is 0 Å². The Morgan fingerprint density at radius 2 is 2.04 bits per heavy atom. The average Bonchev–Trinajstić information content (AvgIpc) is 2.96. The van der Waals surface area contributed by atoms with Crippen LogP contribution < -0.4 is 11.1 Å². The molecule has 0 saturated heterocycles. The van der Waals surface area contributed by atoms with Crippen LogP contribution in [-0.2, 0) is 22.1 Å². The summed E-state index contributed by atoms with van der Waals surface area (Å²) in [5.74, 6) is 0.126. The zero-order valence-corrected chi connectivity index (χ0v) is 13.9. The first-order valence-corrected chi connectivity index (χ1v) is 8.92. The van der Waals surface area contributed by atoms with Gasteiger partial charge in [-0.2, -0.15) is 0 Å². The first-order chi connectivity index (χ1) is 10.8. The summed E-state index contributed by atoms with van der Waals surface area (Å²) in [7, 11) is -3.19. The Hall–Kier alpha value is -2.12. The summed E-state index contributed by atoms with van der Waals surface area (Å²) in [6.07, 6.45) is 1.34. The molecule has 23 heavy (non-hydrogen) atoms. The summed E-state index contributed by atoms with van der Waals surface area (Å²) >= 11 is 0. The van der Waals surface area contributed by atoms with Crippen molar-refractivity contribution in [3.63, 3.8) is 0 Å². The highest BCUT2D eigenvalue weighted by Crippen LogP contribution is 2.17. The fraction of sp³-hybridized carbons (Fsp3) is 0.312. The van der Waals surface area contributed by atoms with Gasteiger partial charge in [0.15, 0.2) is 9.84 Å². The molecule has 1 amide bonds. The lowest BCUT2D eigenvalue weighted by Gasteiger charge is -2.09. The molecule has 0 fully saturated rings. The maximum absolute atomic E-state index is 12.1. The van der Waals surface area contributed by atoms with Gasteiger partial charge in [-0.3, -0.25) is 4.79 Å². The van der Waals surface area contributed by atoms with Crippen LogP contribution in [-0.4, -0.2) is 19.6 Å². The summed E-state index contributed by atoms with van der Waals surface area (Å²) in [6.45, 7) is 3.51. The Morgan fingerprint density at radius 3 is 2.65 bits per heavy atom. The number of carbonyl (C=O) groups is 1. The van der Waals surface area contributed by atoms with Crippen LogP contribution in [0.2, 0.25) is 0 Å². The number of carbonyl (C=O) groups excluding carboxylic acids is 1. The highest BCUT2D eigenvalue weighted by molar-refractivity contribution is 7.91. The fourth-order valence-electron chi connectivity index (χ4n) is 1.95. The first kappa shape index (κ1) is 17.2. The van der Waals surface area contributed by atoms with E-state index in [4.69, 9.17) is 10.2 Å². The summed E-state index contributed by atoms with van der Waals surface area (Å²) in [5, 5.41) is 2.27. The number of furan rings is 1. The average molecular weight is 336 g/mol. The molecule has 2 aromatic rings. The molecule has 7 heteroatoms. The van der Waals surface area contributed by atoms with Crippen molar-refractivity contribution in [2.24, 2.45) is 5.73 Å². The van der Waals surface area contributed by atoms with Crippen molar-refractivity contribution < 1.29 is 17.6 Å². The van der Waals surface area contributed by atoms with E-state index < -0.39 is 15.1 Å². The van der Waals surface area contributed by atoms with Crippen LogP contribution in [0.25, 0.3) is 0 Å². The number of hydrogen-bond acceptors (Lipinski definition) is 5. The highest BCUT2D eigenvalue weighted by Gasteiger charge is 2.17. The second-order valence-electron chi connectivity index (χ2n) is 5.52. The molecule has 0 aliphatic carbocycles. The number of nitrogens with one attached hydrogen (secondary N) is 1. The van der Waals surface area contributed by atoms with Gasteiger partial charge in [-0.15, -0.1) is 0 Å². The monoisotopic (exact) mass is 336 g/mol. The lowest BCUT2D eigenvalue weighted by molar-refractivity contribution is 0.102. The topological polar surface area (TPSA) is 102 Å². The van der Waals surface area contributed by atoms with E-state index in [1.807, 2.05) is 0 Å². The van der Waals surface area contributed by atoms with Gasteiger partial charge in [-0.1, -0.05) is 12.1 Å². The molecule has 0 saturated carbocycles. The Bertz CT molecular complexity index is 794. The van der Waals surface area contributed by atoms with Gasteiger partial charge in [-0.05, 0) is 37.6 Å². The molecule has 0 atom stereocenters. The maximum atomic E-state index is 12.1. The van der Waals surface area contributed by atoms with Gasteiger partial charge < -0.3 is 15.5 Å². The van der Waals surface area contributed by atoms with Crippen molar-refractivity contribution in [3.05, 3.63) is 53.5 Å². The molecule has 6 nitrogen and oxygen atoms in total. The molecule has 0 bridgehead atoms. The molecule has 1 aromatic carbocycles. The van der Waals surface area contributed by atoms with Crippen molar-refractivity contribution in [1.82, 2.24) is 0 Å². The van der Waals surface area contributed by atoms with Crippen LogP contribution in [0, 0.1) is 0 Å². The minimum atomic E-state index is -3.19. The first-order valence-electron chi connectivity index (χ1n) is 7.21. The Kier molecular flexibility index (Phi) is 5.23. The molecule has 0 spiro atoms. The standard InChI is InChI=1S/C16H20N2O4S/c1-11(2)23(20,21)10-12-4-3-5-14(6-12)18-16(19)13-7-15(8-17)22-9-13/h3-7,9,11H,8,10,17H2,1-2H3,(H,18,19). The number of anilines is 1. The number of amides is 1. The predicted molar refractivity (Wildman–Crippen MR) is 88.8 cm³/mol. The highest BCUT2D eigenvalue weighted by atomic mass is 32.2. The Labute approximate surface area is 135 Å². The number of benzene rings is 1. The van der Waals surface area contributed by atoms with E-state index in [2.05, 4.69) is 5.32 Å². The second-order valence-corrected chi connectivity index (χ2v) is 8.07. The largest absolute Gasteiger partial charge is 0.467 e. The number of sulfone groups is 1. The Balaban J connectivity index is 2.12. The number of nitrogens with two attached hydrogens (primary N) is 1. The molecule has 1 heterocycles. The minimum Gasteiger partial charge on any atom is -0.467 e. The van der Waals surface area contributed by atoms with Crippen molar-refractivity contribution in [3.8, 4) is 0 Å². The molecule has 0 unspecified atom stereocenters. The number of hydrogen-bond donors (Lipinski definition) is 2. The van der Waals surface area contributed by atoms with Gasteiger partial charge in [0.05, 0.1) is 23.1 Å². The van der Waals surface area contributed by atoms with E-state index in [9.17, 15) is 13.2 Å². The van der Waals surface area contributed by atoms with E-state index in [0.717, 1.165) is 0 Å². The molecule has 0 aliphatic heterocycles. The lowest BCUT2D eigenvalue weighted by atomic mass is 10.2. The van der Waals surface area contributed by atoms with Gasteiger partial charge >= 0.3 is 0 Å². The zero-order chi connectivity index (χ0) is 17.0. The molecule has 3 N–H and O–H groups in total. The Morgan fingerprint density at radius 1 is 1.30 bits per heavy atom. The van der Waals surface area contributed by atoms with E-state index >= 15 is 0 Å². The van der Waals surface area contributed by atoms with Crippen LogP contribution in [0.3, 0.4) is 0 Å². The summed E-state index contributed by atoms with van der Waals surface area (Å²) in [6, 6.07) is 8.36. The maximum Gasteiger partial charge on any atom is 0.258 e. The zero-order valence-electron chi connectivity index (χ0n) is 13.1. The molecule has 1 aromatic heterocycles. The van der Waals surface area contributed by atoms with Crippen LogP contribution in [0.1, 0.15) is 35.5 Å². The van der Waals surface area contributed by atoms with E-state index in [-0.39, 0.29) is 18.2 Å². The van der Waals surface area contributed by atoms with Gasteiger partial charge in [-0.25, -0.2) is 8.42 Å². The van der Waals surface area contributed by atoms with Gasteiger partial charge in [0, 0.05) is 5.69 Å². The van der Waals surface area contributed by atoms with Crippen molar-refractivity contribution in [1.29, 1.82) is 0 Å². The normalized spacial score (nSPS) is 11.7. The third kappa shape index (κ3) is 4.43. The fourth-order valence-corrected chi connectivity index (χ4v) is 2.93. The van der Waals surface area contributed by atoms with E-state index in [1.165, 1.54) is 6.26 Å². The quantitative estimate of drug-likeness (QED) is 0.842. The predicted octanol–water partition coefficient (Wildman–Crippen LogP) is 2.31. The molecule has 124 valence electrons. The molecular weight excluding hydrogens is 316 g/mol. The lowest BCUT2D eigenvalue weighted by Crippen LogP contribution is -2.16. The minimum absolute atomic E-state index is 0.0581. The van der Waals surface area contributed by atoms with Crippen molar-refractivity contribution in [2.45, 2.75) is 31.4 Å². The van der Waals surface area contributed by atoms with Gasteiger partial charge in [0.1, 0.15) is 12.0 Å². The van der Waals surface area contributed by atoms with Gasteiger partial charge in [0.25, 0.3) is 5.91 Å². The number of rotatable bonds is 6. The summed E-state index contributed by atoms with van der Waals surface area (Å²) in [5.41, 5.74) is 6.96. The smallest absolute Gasteiger partial charge is 0.258 e. The van der Waals surface area contributed by atoms with E-state index in [1.54, 1.807) is 44.2 Å². The van der Waals surface area contributed by atoms with E-state index in [0.29, 0.717) is 22.6 Å². The van der Waals surface area contributed by atoms with Crippen LogP contribution in [0.15, 0.2) is 41.0 Å². The van der Waals surface area contributed by atoms with Crippen LogP contribution >= 0.6 is 0 Å². The third-order valence-electron chi connectivity index (χ3n) is 3.39. The second kappa shape index (κ2) is 6.97. The SMILES string of the molecule is CC(C)S(=O)(=O)Cc1cccc(NC(=O)c2coc(CN)c2)c1. The molecule has 0 aliphatic rings. The molecule has 0 radical (unpaired) electrons. The summed E-state index contributed by atoms with van der Waals surface area (Å²) in [4.78, 5) is 12.1. The van der Waals surface area contributed by atoms with Crippen molar-refractivity contribution in [2.75, 3.05) is 5.32 Å². The van der Waals surface area contributed by atoms with Crippen LogP contribution in [0.4, 0.5) is 5.69 Å². The van der Waals surface area contributed by atoms with Crippen molar-refractivity contribution >= 4 is 21.4 Å².